The number of benzene rings is 2. The zero-order valence-electron chi connectivity index (χ0n) is 16.8. The number of esters is 1. The third kappa shape index (κ3) is 4.36. The summed E-state index contributed by atoms with van der Waals surface area (Å²) in [4.78, 5) is 12.4. The highest BCUT2D eigenvalue weighted by atomic mass is 32.2. The van der Waals surface area contributed by atoms with Crippen LogP contribution in [0.4, 0.5) is 5.69 Å². The molecule has 0 spiro atoms. The topological polar surface area (TPSA) is 101 Å². The molecular formula is C22H21N3O4S. The van der Waals surface area contributed by atoms with Gasteiger partial charge in [-0.05, 0) is 24.1 Å². The zero-order chi connectivity index (χ0) is 21.9. The van der Waals surface area contributed by atoms with Crippen LogP contribution in [0.2, 0.25) is 0 Å². The van der Waals surface area contributed by atoms with Crippen molar-refractivity contribution in [2.75, 3.05) is 17.6 Å². The van der Waals surface area contributed by atoms with Crippen LogP contribution in [0.25, 0.3) is 22.3 Å². The van der Waals surface area contributed by atoms with Crippen LogP contribution in [0.3, 0.4) is 0 Å². The molecule has 3 rings (SSSR count). The lowest BCUT2D eigenvalue weighted by atomic mass is 9.97. The van der Waals surface area contributed by atoms with Gasteiger partial charge in [0.2, 0.25) is 10.0 Å². The molecule has 154 valence electrons. The van der Waals surface area contributed by atoms with Crippen LogP contribution in [-0.2, 0) is 21.8 Å². The van der Waals surface area contributed by atoms with E-state index in [1.54, 1.807) is 49.0 Å². The van der Waals surface area contributed by atoms with E-state index in [4.69, 9.17) is 4.74 Å². The number of hydrogen-bond acceptors (Lipinski definition) is 5. The lowest BCUT2D eigenvalue weighted by Crippen LogP contribution is -2.11. The number of aromatic nitrogens is 1. The highest BCUT2D eigenvalue weighted by molar-refractivity contribution is 7.92. The minimum absolute atomic E-state index is 0.231. The van der Waals surface area contributed by atoms with Gasteiger partial charge in [-0.15, -0.1) is 0 Å². The van der Waals surface area contributed by atoms with Gasteiger partial charge in [0.25, 0.3) is 0 Å². The molecule has 30 heavy (non-hydrogen) atoms. The van der Waals surface area contributed by atoms with Crippen LogP contribution in [0, 0.1) is 11.3 Å². The molecular weight excluding hydrogens is 402 g/mol. The fourth-order valence-electron chi connectivity index (χ4n) is 3.29. The van der Waals surface area contributed by atoms with E-state index in [-0.39, 0.29) is 6.61 Å². The van der Waals surface area contributed by atoms with Crippen LogP contribution < -0.4 is 4.72 Å². The number of carbonyl (C=O) groups is 1. The van der Waals surface area contributed by atoms with Gasteiger partial charge in [0.05, 0.1) is 24.1 Å². The quantitative estimate of drug-likeness (QED) is 0.608. The van der Waals surface area contributed by atoms with Crippen LogP contribution >= 0.6 is 0 Å². The minimum Gasteiger partial charge on any atom is -0.461 e. The molecule has 0 unspecified atom stereocenters. The van der Waals surface area contributed by atoms with Gasteiger partial charge in [-0.1, -0.05) is 42.5 Å². The molecule has 1 N–H and O–H groups in total. The summed E-state index contributed by atoms with van der Waals surface area (Å²) in [6, 6.07) is 16.4. The van der Waals surface area contributed by atoms with Gasteiger partial charge in [0.15, 0.2) is 0 Å². The van der Waals surface area contributed by atoms with Gasteiger partial charge in [0.1, 0.15) is 11.8 Å². The third-order valence-corrected chi connectivity index (χ3v) is 5.07. The maximum absolute atomic E-state index is 12.4. The van der Waals surface area contributed by atoms with Crippen LogP contribution in [0.1, 0.15) is 23.0 Å². The molecule has 0 atom stereocenters. The molecule has 0 aliphatic carbocycles. The van der Waals surface area contributed by atoms with Gasteiger partial charge in [-0.2, -0.15) is 5.26 Å². The number of nitrogens with one attached hydrogen (secondary N) is 1. The Morgan fingerprint density at radius 2 is 1.77 bits per heavy atom. The smallest absolute Gasteiger partial charge is 0.355 e. The highest BCUT2D eigenvalue weighted by Crippen LogP contribution is 2.33. The average Bonchev–Trinajstić information content (AvgIpc) is 3.04. The summed E-state index contributed by atoms with van der Waals surface area (Å²) in [6.07, 6.45) is 2.70. The van der Waals surface area contributed by atoms with Crippen molar-refractivity contribution in [3.63, 3.8) is 0 Å². The average molecular weight is 423 g/mol. The van der Waals surface area contributed by atoms with Crippen molar-refractivity contribution < 1.29 is 17.9 Å². The Morgan fingerprint density at radius 3 is 2.37 bits per heavy atom. The molecule has 0 aliphatic rings. The molecule has 1 aromatic heterocycles. The second-order valence-corrected chi connectivity index (χ2v) is 8.46. The van der Waals surface area contributed by atoms with E-state index in [1.807, 2.05) is 24.3 Å². The molecule has 0 fully saturated rings. The summed E-state index contributed by atoms with van der Waals surface area (Å²) < 4.78 is 32.6. The molecule has 7 nitrogen and oxygen atoms in total. The summed E-state index contributed by atoms with van der Waals surface area (Å²) in [5.74, 6) is -0.497. The third-order valence-electron chi connectivity index (χ3n) is 4.48. The lowest BCUT2D eigenvalue weighted by molar-refractivity contribution is 0.0516. The SMILES string of the molecule is CCOC(=O)c1c(-c2ccc(-c3ccccc3NS(C)(=O)=O)cc2)c(C#N)cn1C. The Balaban J connectivity index is 2.07. The van der Waals surface area contributed by atoms with E-state index in [0.717, 1.165) is 11.8 Å². The minimum atomic E-state index is -3.43. The van der Waals surface area contributed by atoms with Gasteiger partial charge in [-0.3, -0.25) is 4.72 Å². The first-order valence-electron chi connectivity index (χ1n) is 9.19. The van der Waals surface area contributed by atoms with Gasteiger partial charge in [0, 0.05) is 24.4 Å². The van der Waals surface area contributed by atoms with Crippen molar-refractivity contribution in [1.29, 1.82) is 5.26 Å². The number of para-hydroxylation sites is 1. The van der Waals surface area contributed by atoms with Crippen molar-refractivity contribution in [2.45, 2.75) is 6.92 Å². The molecule has 0 saturated heterocycles. The largest absolute Gasteiger partial charge is 0.461 e. The number of carbonyl (C=O) groups excluding carboxylic acids is 1. The van der Waals surface area contributed by atoms with Crippen molar-refractivity contribution in [2.24, 2.45) is 7.05 Å². The summed E-state index contributed by atoms with van der Waals surface area (Å²) >= 11 is 0. The van der Waals surface area contributed by atoms with Crippen LogP contribution in [0.5, 0.6) is 0 Å². The molecule has 0 amide bonds. The number of ether oxygens (including phenoxy) is 1. The first-order chi connectivity index (χ1) is 14.2. The first kappa shape index (κ1) is 21.1. The van der Waals surface area contributed by atoms with Crippen molar-refractivity contribution in [3.05, 3.63) is 66.0 Å². The van der Waals surface area contributed by atoms with Gasteiger partial charge in [-0.25, -0.2) is 13.2 Å². The number of rotatable bonds is 6. The monoisotopic (exact) mass is 423 g/mol. The molecule has 0 saturated carbocycles. The number of anilines is 1. The van der Waals surface area contributed by atoms with Crippen molar-refractivity contribution >= 4 is 21.7 Å². The molecule has 8 heteroatoms. The van der Waals surface area contributed by atoms with E-state index in [2.05, 4.69) is 10.8 Å². The predicted molar refractivity (Wildman–Crippen MR) is 115 cm³/mol. The Labute approximate surface area is 175 Å². The van der Waals surface area contributed by atoms with Crippen molar-refractivity contribution in [1.82, 2.24) is 4.57 Å². The van der Waals surface area contributed by atoms with Crippen LogP contribution in [-0.4, -0.2) is 31.8 Å². The molecule has 0 aliphatic heterocycles. The number of aryl methyl sites for hydroxylation is 1. The number of nitrogens with zero attached hydrogens (tertiary/aromatic N) is 2. The Kier molecular flexibility index (Phi) is 5.94. The first-order valence-corrected chi connectivity index (χ1v) is 11.1. The second kappa shape index (κ2) is 8.43. The van der Waals surface area contributed by atoms with E-state index in [1.165, 1.54) is 0 Å². The van der Waals surface area contributed by atoms with E-state index >= 15 is 0 Å². The second-order valence-electron chi connectivity index (χ2n) is 6.71. The molecule has 2 aromatic carbocycles. The fraction of sp³-hybridized carbons (Fsp3) is 0.182. The normalized spacial score (nSPS) is 11.0. The molecule has 1 heterocycles. The summed E-state index contributed by atoms with van der Waals surface area (Å²) in [6.45, 7) is 1.96. The molecule has 0 radical (unpaired) electrons. The predicted octanol–water partition coefficient (Wildman–Crippen LogP) is 3.78. The van der Waals surface area contributed by atoms with E-state index in [9.17, 15) is 18.5 Å². The maximum atomic E-state index is 12.4. The standard InChI is InChI=1S/C22H21N3O4S/c1-4-29-22(26)21-20(17(13-23)14-25(21)2)16-11-9-15(10-12-16)18-7-5-6-8-19(18)24-30(3,27)28/h5-12,14,24H,4H2,1-3H3. The van der Waals surface area contributed by atoms with Gasteiger partial charge < -0.3 is 9.30 Å². The Hall–Kier alpha value is -3.57. The Bertz CT molecular complexity index is 1240. The molecule has 0 bridgehead atoms. The highest BCUT2D eigenvalue weighted by Gasteiger charge is 2.23. The fourth-order valence-corrected chi connectivity index (χ4v) is 3.87. The summed E-state index contributed by atoms with van der Waals surface area (Å²) in [5, 5.41) is 9.53. The van der Waals surface area contributed by atoms with Gasteiger partial charge >= 0.3 is 5.97 Å². The maximum Gasteiger partial charge on any atom is 0.355 e. The number of sulfonamides is 1. The lowest BCUT2D eigenvalue weighted by Gasteiger charge is -2.12. The van der Waals surface area contributed by atoms with E-state index < -0.39 is 16.0 Å². The summed E-state index contributed by atoms with van der Waals surface area (Å²) in [5.41, 5.74) is 3.84. The van der Waals surface area contributed by atoms with E-state index in [0.29, 0.717) is 33.6 Å². The van der Waals surface area contributed by atoms with Crippen LogP contribution in [0.15, 0.2) is 54.7 Å². The zero-order valence-corrected chi connectivity index (χ0v) is 17.7. The van der Waals surface area contributed by atoms with Crippen molar-refractivity contribution in [3.8, 4) is 28.3 Å². The number of hydrogen-bond donors (Lipinski definition) is 1. The molecule has 3 aromatic rings. The number of nitriles is 1. The Morgan fingerprint density at radius 1 is 1.13 bits per heavy atom. The summed E-state index contributed by atoms with van der Waals surface area (Å²) in [7, 11) is -1.73.